The first kappa shape index (κ1) is 12.2. The zero-order valence-electron chi connectivity index (χ0n) is 9.24. The Bertz CT molecular complexity index is 229. The maximum absolute atomic E-state index is 11.1. The SMILES string of the molecule is CC(=O)C1CCN(CCCC(=O)O)CC1. The Morgan fingerprint density at radius 3 is 2.40 bits per heavy atom. The Hall–Kier alpha value is -0.900. The third-order valence-corrected chi connectivity index (χ3v) is 3.03. The molecule has 4 heteroatoms. The van der Waals surface area contributed by atoms with E-state index in [-0.39, 0.29) is 12.3 Å². The smallest absolute Gasteiger partial charge is 0.303 e. The molecule has 0 aromatic heterocycles. The molecule has 0 aromatic carbocycles. The number of likely N-dealkylation sites (tertiary alicyclic amines) is 1. The number of carbonyl (C=O) groups is 2. The average Bonchev–Trinajstić information content (AvgIpc) is 2.18. The molecule has 1 fully saturated rings. The fourth-order valence-electron chi connectivity index (χ4n) is 2.02. The molecule has 0 unspecified atom stereocenters. The number of piperidine rings is 1. The Morgan fingerprint density at radius 2 is 1.93 bits per heavy atom. The predicted molar refractivity (Wildman–Crippen MR) is 56.7 cm³/mol. The van der Waals surface area contributed by atoms with Crippen molar-refractivity contribution in [2.75, 3.05) is 19.6 Å². The van der Waals surface area contributed by atoms with Gasteiger partial charge in [0.05, 0.1) is 0 Å². The number of Topliss-reactive ketones (excluding diaryl/α,β-unsaturated/α-hetero) is 1. The molecule has 0 radical (unpaired) electrons. The van der Waals surface area contributed by atoms with Crippen LogP contribution in [0.5, 0.6) is 0 Å². The van der Waals surface area contributed by atoms with Crippen molar-refractivity contribution in [2.24, 2.45) is 5.92 Å². The quantitative estimate of drug-likeness (QED) is 0.744. The van der Waals surface area contributed by atoms with E-state index < -0.39 is 5.97 Å². The molecule has 15 heavy (non-hydrogen) atoms. The van der Waals surface area contributed by atoms with Crippen LogP contribution in [0.1, 0.15) is 32.6 Å². The van der Waals surface area contributed by atoms with Crippen LogP contribution in [0.25, 0.3) is 0 Å². The maximum atomic E-state index is 11.1. The summed E-state index contributed by atoms with van der Waals surface area (Å²) >= 11 is 0. The van der Waals surface area contributed by atoms with Crippen LogP contribution < -0.4 is 0 Å². The van der Waals surface area contributed by atoms with Crippen LogP contribution in [0.2, 0.25) is 0 Å². The normalized spacial score (nSPS) is 19.0. The largest absolute Gasteiger partial charge is 0.481 e. The first-order chi connectivity index (χ1) is 7.09. The number of carboxylic acid groups (broad SMARTS) is 1. The van der Waals surface area contributed by atoms with Crippen LogP contribution >= 0.6 is 0 Å². The second-order valence-corrected chi connectivity index (χ2v) is 4.22. The van der Waals surface area contributed by atoms with Crippen LogP contribution in [-0.4, -0.2) is 41.4 Å². The average molecular weight is 213 g/mol. The summed E-state index contributed by atoms with van der Waals surface area (Å²) in [5.74, 6) is -0.200. The van der Waals surface area contributed by atoms with Crippen molar-refractivity contribution in [3.8, 4) is 0 Å². The second-order valence-electron chi connectivity index (χ2n) is 4.22. The minimum Gasteiger partial charge on any atom is -0.481 e. The molecule has 1 N–H and O–H groups in total. The van der Waals surface area contributed by atoms with Gasteiger partial charge in [-0.3, -0.25) is 9.59 Å². The van der Waals surface area contributed by atoms with Gasteiger partial charge in [0.1, 0.15) is 5.78 Å². The van der Waals surface area contributed by atoms with Gasteiger partial charge in [0.15, 0.2) is 0 Å². The van der Waals surface area contributed by atoms with Gasteiger partial charge in [0, 0.05) is 12.3 Å². The van der Waals surface area contributed by atoms with Crippen LogP contribution in [0.3, 0.4) is 0 Å². The van der Waals surface area contributed by atoms with Crippen LogP contribution in [0.15, 0.2) is 0 Å². The van der Waals surface area contributed by atoms with Gasteiger partial charge in [-0.05, 0) is 45.8 Å². The van der Waals surface area contributed by atoms with E-state index in [0.29, 0.717) is 12.2 Å². The first-order valence-corrected chi connectivity index (χ1v) is 5.54. The second kappa shape index (κ2) is 5.85. The molecular weight excluding hydrogens is 194 g/mol. The highest BCUT2D eigenvalue weighted by Crippen LogP contribution is 2.18. The van der Waals surface area contributed by atoms with Gasteiger partial charge in [0.2, 0.25) is 0 Å². The highest BCUT2D eigenvalue weighted by atomic mass is 16.4. The Kier molecular flexibility index (Phi) is 4.75. The third kappa shape index (κ3) is 4.42. The van der Waals surface area contributed by atoms with Gasteiger partial charge in [-0.15, -0.1) is 0 Å². The van der Waals surface area contributed by atoms with E-state index in [9.17, 15) is 9.59 Å². The van der Waals surface area contributed by atoms with Crippen molar-refractivity contribution in [3.05, 3.63) is 0 Å². The summed E-state index contributed by atoms with van der Waals surface area (Å²) in [4.78, 5) is 23.7. The van der Waals surface area contributed by atoms with Gasteiger partial charge in [-0.25, -0.2) is 0 Å². The van der Waals surface area contributed by atoms with Gasteiger partial charge < -0.3 is 10.0 Å². The lowest BCUT2D eigenvalue weighted by Crippen LogP contribution is -2.36. The summed E-state index contributed by atoms with van der Waals surface area (Å²) in [6, 6.07) is 0. The molecule has 1 rings (SSSR count). The van der Waals surface area contributed by atoms with Crippen molar-refractivity contribution in [1.82, 2.24) is 4.90 Å². The molecule has 0 spiro atoms. The third-order valence-electron chi connectivity index (χ3n) is 3.03. The van der Waals surface area contributed by atoms with Gasteiger partial charge >= 0.3 is 5.97 Å². The van der Waals surface area contributed by atoms with Gasteiger partial charge in [-0.2, -0.15) is 0 Å². The van der Waals surface area contributed by atoms with E-state index in [4.69, 9.17) is 5.11 Å². The number of aliphatic carboxylic acids is 1. The minimum atomic E-state index is -0.728. The molecule has 1 aliphatic heterocycles. The van der Waals surface area contributed by atoms with Crippen LogP contribution in [-0.2, 0) is 9.59 Å². The van der Waals surface area contributed by atoms with Gasteiger partial charge in [-0.1, -0.05) is 0 Å². The van der Waals surface area contributed by atoms with Crippen molar-refractivity contribution in [1.29, 1.82) is 0 Å². The van der Waals surface area contributed by atoms with Gasteiger partial charge in [0.25, 0.3) is 0 Å². The summed E-state index contributed by atoms with van der Waals surface area (Å²) in [6.07, 6.45) is 2.82. The topological polar surface area (TPSA) is 57.6 Å². The Morgan fingerprint density at radius 1 is 1.33 bits per heavy atom. The zero-order chi connectivity index (χ0) is 11.3. The number of rotatable bonds is 5. The molecule has 0 atom stereocenters. The molecule has 0 aliphatic carbocycles. The van der Waals surface area contributed by atoms with E-state index in [2.05, 4.69) is 4.90 Å². The molecule has 0 bridgehead atoms. The van der Waals surface area contributed by atoms with E-state index in [1.54, 1.807) is 6.92 Å². The summed E-state index contributed by atoms with van der Waals surface area (Å²) < 4.78 is 0. The van der Waals surface area contributed by atoms with Crippen molar-refractivity contribution >= 4 is 11.8 Å². The predicted octanol–water partition coefficient (Wildman–Crippen LogP) is 1.15. The number of ketones is 1. The van der Waals surface area contributed by atoms with Crippen molar-refractivity contribution < 1.29 is 14.7 Å². The molecule has 0 aromatic rings. The Balaban J connectivity index is 2.14. The van der Waals surface area contributed by atoms with Crippen LogP contribution in [0, 0.1) is 5.92 Å². The molecule has 86 valence electrons. The molecule has 0 saturated carbocycles. The van der Waals surface area contributed by atoms with E-state index in [0.717, 1.165) is 32.5 Å². The monoisotopic (exact) mass is 213 g/mol. The van der Waals surface area contributed by atoms with E-state index in [1.807, 2.05) is 0 Å². The standard InChI is InChI=1S/C11H19NO3/c1-9(13)10-4-7-12(8-5-10)6-2-3-11(14)15/h10H,2-8H2,1H3,(H,14,15). The number of nitrogens with zero attached hydrogens (tertiary/aromatic N) is 1. The van der Waals surface area contributed by atoms with Crippen molar-refractivity contribution in [2.45, 2.75) is 32.6 Å². The number of hydrogen-bond donors (Lipinski definition) is 1. The fraction of sp³-hybridized carbons (Fsp3) is 0.818. The summed E-state index contributed by atoms with van der Waals surface area (Å²) in [7, 11) is 0. The molecule has 0 amide bonds. The lowest BCUT2D eigenvalue weighted by atomic mass is 9.93. The fourth-order valence-corrected chi connectivity index (χ4v) is 2.02. The van der Waals surface area contributed by atoms with E-state index in [1.165, 1.54) is 0 Å². The summed E-state index contributed by atoms with van der Waals surface area (Å²) in [6.45, 7) is 4.37. The maximum Gasteiger partial charge on any atom is 0.303 e. The molecule has 1 saturated heterocycles. The van der Waals surface area contributed by atoms with E-state index >= 15 is 0 Å². The Labute approximate surface area is 90.3 Å². The molecule has 1 aliphatic rings. The number of carbonyl (C=O) groups excluding carboxylic acids is 1. The highest BCUT2D eigenvalue weighted by Gasteiger charge is 2.21. The lowest BCUT2D eigenvalue weighted by molar-refractivity contribution is -0.137. The minimum absolute atomic E-state index is 0.237. The van der Waals surface area contributed by atoms with Crippen LogP contribution in [0.4, 0.5) is 0 Å². The summed E-state index contributed by atoms with van der Waals surface area (Å²) in [5.41, 5.74) is 0. The molecular formula is C11H19NO3. The number of carboxylic acids is 1. The highest BCUT2D eigenvalue weighted by molar-refractivity contribution is 5.78. The lowest BCUT2D eigenvalue weighted by Gasteiger charge is -2.30. The molecule has 4 nitrogen and oxygen atoms in total. The number of hydrogen-bond acceptors (Lipinski definition) is 3. The van der Waals surface area contributed by atoms with Crippen molar-refractivity contribution in [3.63, 3.8) is 0 Å². The first-order valence-electron chi connectivity index (χ1n) is 5.54. The molecule has 1 heterocycles. The zero-order valence-corrected chi connectivity index (χ0v) is 9.24. The summed E-state index contributed by atoms with van der Waals surface area (Å²) in [5, 5.41) is 8.49.